The highest BCUT2D eigenvalue weighted by molar-refractivity contribution is 5.80. The summed E-state index contributed by atoms with van der Waals surface area (Å²) in [4.78, 5) is 11.9. The second-order valence-corrected chi connectivity index (χ2v) is 5.60. The largest absolute Gasteiger partial charge is 0.300 e. The van der Waals surface area contributed by atoms with Gasteiger partial charge < -0.3 is 0 Å². The molecule has 0 aromatic rings. The molecule has 2 rings (SSSR count). The van der Waals surface area contributed by atoms with Gasteiger partial charge in [-0.3, -0.25) is 4.79 Å². The fraction of sp³-hybridized carbons (Fsp3) is 0.923. The van der Waals surface area contributed by atoms with Crippen LogP contribution in [0.1, 0.15) is 65.2 Å². The van der Waals surface area contributed by atoms with Gasteiger partial charge in [0.2, 0.25) is 0 Å². The van der Waals surface area contributed by atoms with Gasteiger partial charge in [-0.25, -0.2) is 0 Å². The Morgan fingerprint density at radius 1 is 0.929 bits per heavy atom. The van der Waals surface area contributed by atoms with E-state index in [1.54, 1.807) is 0 Å². The summed E-state index contributed by atoms with van der Waals surface area (Å²) in [6, 6.07) is 0. The molecule has 2 aliphatic rings. The quantitative estimate of drug-likeness (QED) is 0.630. The molecule has 2 fully saturated rings. The van der Waals surface area contributed by atoms with E-state index in [2.05, 4.69) is 13.8 Å². The normalized spacial score (nSPS) is 25.9. The lowest BCUT2D eigenvalue weighted by molar-refractivity contribution is -0.121. The zero-order valence-corrected chi connectivity index (χ0v) is 9.57. The van der Waals surface area contributed by atoms with Gasteiger partial charge in [-0.05, 0) is 36.5 Å². The van der Waals surface area contributed by atoms with Gasteiger partial charge in [0.05, 0.1) is 0 Å². The fourth-order valence-corrected chi connectivity index (χ4v) is 2.56. The summed E-state index contributed by atoms with van der Waals surface area (Å²) in [5.41, 5.74) is 0.918. The number of rotatable bonds is 6. The van der Waals surface area contributed by atoms with Crippen molar-refractivity contribution >= 4 is 5.78 Å². The maximum absolute atomic E-state index is 11.9. The Morgan fingerprint density at radius 2 is 1.29 bits per heavy atom. The molecule has 2 aliphatic carbocycles. The van der Waals surface area contributed by atoms with Crippen molar-refractivity contribution in [2.75, 3.05) is 0 Å². The van der Waals surface area contributed by atoms with Crippen LogP contribution in [-0.2, 0) is 4.79 Å². The summed E-state index contributed by atoms with van der Waals surface area (Å²) in [5.74, 6) is 0.545. The van der Waals surface area contributed by atoms with Gasteiger partial charge in [0.25, 0.3) is 0 Å². The Morgan fingerprint density at radius 3 is 1.50 bits per heavy atom. The molecular weight excluding hydrogens is 172 g/mol. The van der Waals surface area contributed by atoms with Crippen LogP contribution in [0.5, 0.6) is 0 Å². The van der Waals surface area contributed by atoms with E-state index in [1.807, 2.05) is 0 Å². The third kappa shape index (κ3) is 2.02. The maximum atomic E-state index is 11.9. The monoisotopic (exact) mass is 194 g/mol. The molecule has 2 saturated carbocycles. The Bertz CT molecular complexity index is 210. The van der Waals surface area contributed by atoms with Gasteiger partial charge in [-0.1, -0.05) is 26.7 Å². The maximum Gasteiger partial charge on any atom is 0.134 e. The van der Waals surface area contributed by atoms with Crippen LogP contribution in [0.3, 0.4) is 0 Å². The van der Waals surface area contributed by atoms with Crippen LogP contribution in [-0.4, -0.2) is 5.78 Å². The van der Waals surface area contributed by atoms with Gasteiger partial charge in [-0.2, -0.15) is 0 Å². The van der Waals surface area contributed by atoms with E-state index in [9.17, 15) is 4.79 Å². The predicted molar refractivity (Wildman–Crippen MR) is 58.2 cm³/mol. The van der Waals surface area contributed by atoms with Crippen molar-refractivity contribution in [3.63, 3.8) is 0 Å². The molecule has 0 aromatic heterocycles. The molecule has 80 valence electrons. The molecule has 0 saturated heterocycles. The summed E-state index contributed by atoms with van der Waals surface area (Å²) in [7, 11) is 0. The third-order valence-corrected chi connectivity index (χ3v) is 4.56. The minimum absolute atomic E-state index is 0.459. The molecular formula is C13H22O. The van der Waals surface area contributed by atoms with Crippen molar-refractivity contribution in [3.05, 3.63) is 0 Å². The molecule has 1 heteroatoms. The van der Waals surface area contributed by atoms with Crippen molar-refractivity contribution in [2.24, 2.45) is 10.8 Å². The summed E-state index contributed by atoms with van der Waals surface area (Å²) in [6.45, 7) is 4.46. The summed E-state index contributed by atoms with van der Waals surface area (Å²) in [6.07, 6.45) is 9.37. The highest BCUT2D eigenvalue weighted by Gasteiger charge is 2.46. The third-order valence-electron chi connectivity index (χ3n) is 4.56. The summed E-state index contributed by atoms with van der Waals surface area (Å²) < 4.78 is 0. The van der Waals surface area contributed by atoms with Crippen LogP contribution in [0.2, 0.25) is 0 Å². The minimum atomic E-state index is 0.459. The van der Waals surface area contributed by atoms with Crippen LogP contribution >= 0.6 is 0 Å². The molecule has 0 atom stereocenters. The lowest BCUT2D eigenvalue weighted by Gasteiger charge is -2.15. The van der Waals surface area contributed by atoms with E-state index in [4.69, 9.17) is 0 Å². The number of carbonyl (C=O) groups is 1. The fourth-order valence-electron chi connectivity index (χ4n) is 2.56. The van der Waals surface area contributed by atoms with Gasteiger partial charge >= 0.3 is 0 Å². The predicted octanol–water partition coefficient (Wildman–Crippen LogP) is 3.72. The Balaban J connectivity index is 1.79. The number of hydrogen-bond donors (Lipinski definition) is 0. The minimum Gasteiger partial charge on any atom is -0.300 e. The van der Waals surface area contributed by atoms with Crippen molar-refractivity contribution in [2.45, 2.75) is 65.2 Å². The first-order valence-corrected chi connectivity index (χ1v) is 6.15. The average Bonchev–Trinajstić information content (AvgIpc) is 3.04. The van der Waals surface area contributed by atoms with Crippen LogP contribution < -0.4 is 0 Å². The average molecular weight is 194 g/mol. The highest BCUT2D eigenvalue weighted by atomic mass is 16.1. The molecule has 0 aromatic carbocycles. The molecule has 0 bridgehead atoms. The molecule has 0 unspecified atom stereocenters. The van der Waals surface area contributed by atoms with Crippen LogP contribution in [0.4, 0.5) is 0 Å². The molecule has 0 amide bonds. The van der Waals surface area contributed by atoms with Gasteiger partial charge in [-0.15, -0.1) is 0 Å². The van der Waals surface area contributed by atoms with Crippen LogP contribution in [0.25, 0.3) is 0 Å². The lowest BCUT2D eigenvalue weighted by atomic mass is 9.89. The van der Waals surface area contributed by atoms with E-state index in [-0.39, 0.29) is 0 Å². The second-order valence-electron chi connectivity index (χ2n) is 5.60. The van der Waals surface area contributed by atoms with Crippen molar-refractivity contribution in [3.8, 4) is 0 Å². The lowest BCUT2D eigenvalue weighted by Crippen LogP contribution is -2.13. The Hall–Kier alpha value is -0.330. The number of Topliss-reactive ketones (excluding diaryl/α,β-unsaturated/α-hetero) is 1. The smallest absolute Gasteiger partial charge is 0.134 e. The van der Waals surface area contributed by atoms with Gasteiger partial charge in [0, 0.05) is 12.8 Å². The van der Waals surface area contributed by atoms with Crippen molar-refractivity contribution < 1.29 is 4.79 Å². The first kappa shape index (κ1) is 10.2. The topological polar surface area (TPSA) is 17.1 Å². The number of hydrogen-bond acceptors (Lipinski definition) is 1. The molecule has 0 N–H and O–H groups in total. The Kier molecular flexibility index (Phi) is 2.45. The van der Waals surface area contributed by atoms with Crippen molar-refractivity contribution in [1.29, 1.82) is 0 Å². The molecule has 1 nitrogen and oxygen atoms in total. The van der Waals surface area contributed by atoms with E-state index in [1.165, 1.54) is 38.5 Å². The zero-order valence-electron chi connectivity index (χ0n) is 9.57. The first-order chi connectivity index (χ1) is 6.64. The van der Waals surface area contributed by atoms with E-state index < -0.39 is 0 Å². The van der Waals surface area contributed by atoms with E-state index >= 15 is 0 Å². The summed E-state index contributed by atoms with van der Waals surface area (Å²) >= 11 is 0. The number of ketones is 1. The molecule has 0 radical (unpaired) electrons. The van der Waals surface area contributed by atoms with Crippen LogP contribution in [0, 0.1) is 10.8 Å². The van der Waals surface area contributed by atoms with Crippen LogP contribution in [0.15, 0.2) is 0 Å². The zero-order chi connectivity index (χ0) is 10.2. The molecule has 0 spiro atoms. The SMILES string of the molecule is CCC1(CC(=O)CC2(CC)CC2)CC1. The summed E-state index contributed by atoms with van der Waals surface area (Å²) in [5, 5.41) is 0. The molecule has 14 heavy (non-hydrogen) atoms. The standard InChI is InChI=1S/C13H22O/c1-3-12(5-6-12)9-11(14)10-13(4-2)7-8-13/h3-10H2,1-2H3. The Labute approximate surface area is 87.3 Å². The van der Waals surface area contributed by atoms with E-state index in [0.717, 1.165) is 12.8 Å². The molecule has 0 aliphatic heterocycles. The van der Waals surface area contributed by atoms with Crippen molar-refractivity contribution in [1.82, 2.24) is 0 Å². The number of carbonyl (C=O) groups excluding carboxylic acids is 1. The highest BCUT2D eigenvalue weighted by Crippen LogP contribution is 2.55. The van der Waals surface area contributed by atoms with Gasteiger partial charge in [0.1, 0.15) is 5.78 Å². The second kappa shape index (κ2) is 3.36. The molecule has 0 heterocycles. The van der Waals surface area contributed by atoms with E-state index in [0.29, 0.717) is 16.6 Å². The van der Waals surface area contributed by atoms with Gasteiger partial charge in [0.15, 0.2) is 0 Å². The first-order valence-electron chi connectivity index (χ1n) is 6.15.